The van der Waals surface area contributed by atoms with Crippen LogP contribution in [0.15, 0.2) is 46.0 Å². The zero-order valence-electron chi connectivity index (χ0n) is 15.1. The Morgan fingerprint density at radius 1 is 1.19 bits per heavy atom. The minimum atomic E-state index is -3.48. The van der Waals surface area contributed by atoms with E-state index >= 15 is 0 Å². The van der Waals surface area contributed by atoms with Gasteiger partial charge in [-0.1, -0.05) is 18.2 Å². The van der Waals surface area contributed by atoms with Crippen molar-refractivity contribution < 1.29 is 13.2 Å². The van der Waals surface area contributed by atoms with Gasteiger partial charge >= 0.3 is 0 Å². The lowest BCUT2D eigenvalue weighted by Gasteiger charge is -2.35. The maximum atomic E-state index is 12.5. The number of thiophene rings is 1. The molecule has 1 fully saturated rings. The monoisotopic (exact) mass is 395 g/mol. The van der Waals surface area contributed by atoms with Crippen LogP contribution in [0.4, 0.5) is 5.69 Å². The van der Waals surface area contributed by atoms with Crippen LogP contribution in [0.1, 0.15) is 11.6 Å². The Morgan fingerprint density at radius 3 is 2.46 bits per heavy atom. The number of sulfonamides is 1. The molecule has 1 aliphatic heterocycles. The summed E-state index contributed by atoms with van der Waals surface area (Å²) in [6.45, 7) is 3.26. The molecule has 1 saturated heterocycles. The number of rotatable bonds is 7. The maximum Gasteiger partial charge on any atom is 0.250 e. The summed E-state index contributed by atoms with van der Waals surface area (Å²) in [6, 6.07) is 11.6. The highest BCUT2D eigenvalue weighted by molar-refractivity contribution is 7.91. The van der Waals surface area contributed by atoms with Crippen LogP contribution in [0.25, 0.3) is 0 Å². The van der Waals surface area contributed by atoms with Crippen LogP contribution in [0, 0.1) is 0 Å². The molecule has 0 unspecified atom stereocenters. The molecule has 142 valence electrons. The smallest absolute Gasteiger partial charge is 0.250 e. The fourth-order valence-electron chi connectivity index (χ4n) is 3.02. The second kappa shape index (κ2) is 8.49. The zero-order valence-corrected chi connectivity index (χ0v) is 16.7. The summed E-state index contributed by atoms with van der Waals surface area (Å²) in [6.07, 6.45) is 0. The lowest BCUT2D eigenvalue weighted by molar-refractivity contribution is 0.0172. The fourth-order valence-corrected chi connectivity index (χ4v) is 5.09. The van der Waals surface area contributed by atoms with Crippen molar-refractivity contribution in [2.45, 2.75) is 10.3 Å². The van der Waals surface area contributed by atoms with Crippen molar-refractivity contribution >= 4 is 27.0 Å². The predicted octanol–water partition coefficient (Wildman–Crippen LogP) is 2.17. The van der Waals surface area contributed by atoms with Gasteiger partial charge in [0, 0.05) is 45.5 Å². The molecule has 6 nitrogen and oxygen atoms in total. The van der Waals surface area contributed by atoms with E-state index < -0.39 is 10.0 Å². The molecule has 1 aliphatic rings. The molecule has 1 N–H and O–H groups in total. The van der Waals surface area contributed by atoms with Crippen LogP contribution in [-0.2, 0) is 14.8 Å². The van der Waals surface area contributed by atoms with Gasteiger partial charge in [0.05, 0.1) is 13.2 Å². The fraction of sp³-hybridized carbons (Fsp3) is 0.444. The molecule has 0 aliphatic carbocycles. The van der Waals surface area contributed by atoms with Crippen LogP contribution in [0.3, 0.4) is 0 Å². The van der Waals surface area contributed by atoms with E-state index in [2.05, 4.69) is 33.9 Å². The quantitative estimate of drug-likeness (QED) is 0.779. The number of ether oxygens (including phenoxy) is 1. The normalized spacial score (nSPS) is 17.2. The van der Waals surface area contributed by atoms with Gasteiger partial charge in [-0.3, -0.25) is 4.90 Å². The highest BCUT2D eigenvalue weighted by atomic mass is 32.2. The number of nitrogens with zero attached hydrogens (tertiary/aromatic N) is 2. The molecule has 1 aromatic heterocycles. The van der Waals surface area contributed by atoms with Gasteiger partial charge in [0.25, 0.3) is 0 Å². The Kier molecular flexibility index (Phi) is 6.31. The largest absolute Gasteiger partial charge is 0.379 e. The molecule has 0 spiro atoms. The Hall–Kier alpha value is -1.45. The van der Waals surface area contributed by atoms with Crippen LogP contribution >= 0.6 is 11.3 Å². The minimum Gasteiger partial charge on any atom is -0.379 e. The van der Waals surface area contributed by atoms with Gasteiger partial charge in [0.15, 0.2) is 0 Å². The third kappa shape index (κ3) is 4.63. The molecular formula is C18H25N3O3S2. The first kappa shape index (κ1) is 19.3. The zero-order chi connectivity index (χ0) is 18.6. The summed E-state index contributed by atoms with van der Waals surface area (Å²) in [5.74, 6) is 0. The Labute approximate surface area is 159 Å². The molecule has 2 aromatic rings. The number of hydrogen-bond donors (Lipinski definition) is 1. The Morgan fingerprint density at radius 2 is 1.88 bits per heavy atom. The van der Waals surface area contributed by atoms with Crippen LogP contribution in [-0.4, -0.2) is 60.3 Å². The predicted molar refractivity (Wildman–Crippen MR) is 105 cm³/mol. The van der Waals surface area contributed by atoms with Crippen molar-refractivity contribution in [3.8, 4) is 0 Å². The molecule has 3 rings (SSSR count). The summed E-state index contributed by atoms with van der Waals surface area (Å²) in [5.41, 5.74) is 2.22. The van der Waals surface area contributed by atoms with Crippen molar-refractivity contribution in [3.05, 3.63) is 47.3 Å². The molecular weight excluding hydrogens is 370 g/mol. The summed E-state index contributed by atoms with van der Waals surface area (Å²) < 4.78 is 33.6. The van der Waals surface area contributed by atoms with E-state index in [1.807, 2.05) is 19.0 Å². The van der Waals surface area contributed by atoms with E-state index in [1.54, 1.807) is 17.5 Å². The van der Waals surface area contributed by atoms with Crippen LogP contribution in [0.5, 0.6) is 0 Å². The van der Waals surface area contributed by atoms with Crippen molar-refractivity contribution in [2.24, 2.45) is 0 Å². The highest BCUT2D eigenvalue weighted by Crippen LogP contribution is 2.25. The molecule has 0 saturated carbocycles. The summed E-state index contributed by atoms with van der Waals surface area (Å²) in [7, 11) is 0.529. The number of anilines is 1. The highest BCUT2D eigenvalue weighted by Gasteiger charge is 2.25. The lowest BCUT2D eigenvalue weighted by atomic mass is 10.0. The van der Waals surface area contributed by atoms with Crippen LogP contribution < -0.4 is 9.62 Å². The number of hydrogen-bond acceptors (Lipinski definition) is 6. The van der Waals surface area contributed by atoms with Crippen molar-refractivity contribution in [2.75, 3.05) is 51.8 Å². The van der Waals surface area contributed by atoms with E-state index in [9.17, 15) is 8.42 Å². The van der Waals surface area contributed by atoms with Gasteiger partial charge in [0.1, 0.15) is 4.21 Å². The molecule has 0 amide bonds. The summed E-state index contributed by atoms with van der Waals surface area (Å²) in [5, 5.41) is 1.77. The number of morpholine rings is 1. The third-order valence-electron chi connectivity index (χ3n) is 4.51. The first-order valence-corrected chi connectivity index (χ1v) is 11.0. The molecule has 0 radical (unpaired) electrons. The van der Waals surface area contributed by atoms with E-state index in [0.717, 1.165) is 24.3 Å². The summed E-state index contributed by atoms with van der Waals surface area (Å²) in [4.78, 5) is 4.33. The first-order chi connectivity index (χ1) is 12.5. The Balaban J connectivity index is 1.79. The molecule has 1 atom stereocenters. The van der Waals surface area contributed by atoms with Gasteiger partial charge < -0.3 is 9.64 Å². The number of benzene rings is 1. The van der Waals surface area contributed by atoms with Crippen LogP contribution in [0.2, 0.25) is 0 Å². The van der Waals surface area contributed by atoms with Gasteiger partial charge in [-0.25, -0.2) is 13.1 Å². The lowest BCUT2D eigenvalue weighted by Crippen LogP contribution is -2.43. The summed E-state index contributed by atoms with van der Waals surface area (Å²) >= 11 is 1.23. The second-order valence-electron chi connectivity index (χ2n) is 6.43. The van der Waals surface area contributed by atoms with Gasteiger partial charge in [-0.2, -0.15) is 0 Å². The molecule has 2 heterocycles. The average molecular weight is 396 g/mol. The molecule has 26 heavy (non-hydrogen) atoms. The van der Waals surface area contributed by atoms with Gasteiger partial charge in [-0.15, -0.1) is 11.3 Å². The van der Waals surface area contributed by atoms with Crippen molar-refractivity contribution in [1.29, 1.82) is 0 Å². The van der Waals surface area contributed by atoms with E-state index in [1.165, 1.54) is 11.3 Å². The van der Waals surface area contributed by atoms with Crippen molar-refractivity contribution in [1.82, 2.24) is 9.62 Å². The third-order valence-corrected chi connectivity index (χ3v) is 7.33. The SMILES string of the molecule is CN(C)c1ccc([C@H](CNS(=O)(=O)c2cccs2)N2CCOCC2)cc1. The van der Waals surface area contributed by atoms with Crippen molar-refractivity contribution in [3.63, 3.8) is 0 Å². The topological polar surface area (TPSA) is 61.9 Å². The minimum absolute atomic E-state index is 0.0233. The Bertz CT molecular complexity index is 784. The average Bonchev–Trinajstić information content (AvgIpc) is 3.19. The standard InChI is InChI=1S/C18H25N3O3S2/c1-20(2)16-7-5-15(6-8-16)17(21-9-11-24-12-10-21)14-19-26(22,23)18-4-3-13-25-18/h3-8,13,17,19H,9-12,14H2,1-2H3/t17-/m0/s1. The van der Waals surface area contributed by atoms with Gasteiger partial charge in [-0.05, 0) is 29.1 Å². The number of nitrogens with one attached hydrogen (secondary N) is 1. The van der Waals surface area contributed by atoms with Gasteiger partial charge in [0.2, 0.25) is 10.0 Å². The molecule has 0 bridgehead atoms. The molecule has 8 heteroatoms. The second-order valence-corrected chi connectivity index (χ2v) is 9.38. The molecule has 1 aromatic carbocycles. The van der Waals surface area contributed by atoms with E-state index in [-0.39, 0.29) is 6.04 Å². The van der Waals surface area contributed by atoms with E-state index in [4.69, 9.17) is 4.74 Å². The maximum absolute atomic E-state index is 12.5. The first-order valence-electron chi connectivity index (χ1n) is 8.59. The van der Waals surface area contributed by atoms with E-state index in [0.29, 0.717) is 24.0 Å².